The molecule has 1 amide bonds. The molecule has 2 heterocycles. The van der Waals surface area contributed by atoms with Gasteiger partial charge in [-0.1, -0.05) is 18.2 Å². The number of rotatable bonds is 6. The fourth-order valence-corrected chi connectivity index (χ4v) is 2.63. The Morgan fingerprint density at radius 1 is 1.27 bits per heavy atom. The number of benzene rings is 1. The van der Waals surface area contributed by atoms with Crippen LogP contribution in [0, 0.1) is 15.9 Å². The molecule has 0 atom stereocenters. The third-order valence-electron chi connectivity index (χ3n) is 3.38. The van der Waals surface area contributed by atoms with Crippen LogP contribution >= 0.6 is 15.9 Å². The van der Waals surface area contributed by atoms with Crippen molar-refractivity contribution in [1.29, 1.82) is 0 Å². The van der Waals surface area contributed by atoms with Crippen molar-refractivity contribution in [2.45, 2.75) is 13.1 Å². The summed E-state index contributed by atoms with van der Waals surface area (Å²) in [5, 5.41) is 21.0. The van der Waals surface area contributed by atoms with Crippen molar-refractivity contribution < 1.29 is 14.1 Å². The lowest BCUT2D eigenvalue weighted by Crippen LogP contribution is -2.19. The molecular weight excluding hydrogens is 411 g/mol. The summed E-state index contributed by atoms with van der Waals surface area (Å²) in [4.78, 5) is 22.0. The van der Waals surface area contributed by atoms with E-state index in [0.29, 0.717) is 10.0 Å². The fourth-order valence-electron chi connectivity index (χ4n) is 2.22. The molecule has 26 heavy (non-hydrogen) atoms. The van der Waals surface area contributed by atoms with E-state index in [4.69, 9.17) is 0 Å². The second kappa shape index (κ2) is 7.44. The fraction of sp³-hybridized carbons (Fsp3) is 0.133. The minimum atomic E-state index is -0.643. The highest BCUT2D eigenvalue weighted by Crippen LogP contribution is 2.21. The average Bonchev–Trinajstić information content (AvgIpc) is 3.17. The predicted molar refractivity (Wildman–Crippen MR) is 92.9 cm³/mol. The van der Waals surface area contributed by atoms with Crippen molar-refractivity contribution in [2.24, 2.45) is 0 Å². The highest BCUT2D eigenvalue weighted by atomic mass is 79.9. The van der Waals surface area contributed by atoms with E-state index in [0.717, 1.165) is 4.68 Å². The number of halogens is 2. The Morgan fingerprint density at radius 2 is 2.04 bits per heavy atom. The van der Waals surface area contributed by atoms with Crippen molar-refractivity contribution >= 4 is 33.5 Å². The topological polar surface area (TPSA) is 108 Å². The van der Waals surface area contributed by atoms with Gasteiger partial charge in [0.25, 0.3) is 0 Å². The van der Waals surface area contributed by atoms with E-state index >= 15 is 0 Å². The molecule has 0 saturated carbocycles. The Labute approximate surface area is 154 Å². The first-order chi connectivity index (χ1) is 12.4. The zero-order chi connectivity index (χ0) is 18.7. The van der Waals surface area contributed by atoms with Crippen LogP contribution < -0.4 is 5.32 Å². The van der Waals surface area contributed by atoms with Gasteiger partial charge in [0.2, 0.25) is 5.91 Å². The van der Waals surface area contributed by atoms with Crippen molar-refractivity contribution in [3.63, 3.8) is 0 Å². The van der Waals surface area contributed by atoms with E-state index in [-0.39, 0.29) is 30.5 Å². The number of carbonyl (C=O) groups is 1. The number of anilines is 1. The summed E-state index contributed by atoms with van der Waals surface area (Å²) in [6, 6.07) is 7.53. The van der Waals surface area contributed by atoms with Gasteiger partial charge in [-0.05, 0) is 26.9 Å². The molecule has 2 aromatic heterocycles. The molecule has 0 aliphatic rings. The van der Waals surface area contributed by atoms with Crippen LogP contribution in [0.1, 0.15) is 5.56 Å². The van der Waals surface area contributed by atoms with E-state index < -0.39 is 10.8 Å². The van der Waals surface area contributed by atoms with Gasteiger partial charge in [-0.25, -0.2) is 4.39 Å². The molecule has 3 aromatic rings. The van der Waals surface area contributed by atoms with Gasteiger partial charge in [0.15, 0.2) is 5.82 Å². The van der Waals surface area contributed by atoms with Gasteiger partial charge in [-0.2, -0.15) is 9.78 Å². The van der Waals surface area contributed by atoms with Gasteiger partial charge in [0.1, 0.15) is 12.4 Å². The minimum absolute atomic E-state index is 0.201. The molecule has 0 aliphatic heterocycles. The zero-order valence-electron chi connectivity index (χ0n) is 13.2. The summed E-state index contributed by atoms with van der Waals surface area (Å²) in [6.07, 6.45) is 2.95. The van der Waals surface area contributed by atoms with Gasteiger partial charge < -0.3 is 15.4 Å². The van der Waals surface area contributed by atoms with Crippen LogP contribution in [-0.2, 0) is 17.9 Å². The maximum Gasteiger partial charge on any atom is 0.389 e. The number of hydrogen-bond donors (Lipinski definition) is 1. The Hall–Kier alpha value is -3.08. The summed E-state index contributed by atoms with van der Waals surface area (Å²) in [5.74, 6) is -0.883. The molecule has 0 spiro atoms. The molecule has 0 saturated heterocycles. The quantitative estimate of drug-likeness (QED) is 0.485. The Bertz CT molecular complexity index is 970. The molecule has 11 heteroatoms. The van der Waals surface area contributed by atoms with E-state index in [2.05, 4.69) is 31.4 Å². The predicted octanol–water partition coefficient (Wildman–Crippen LogP) is 2.58. The second-order valence-corrected chi connectivity index (χ2v) is 6.15. The molecule has 0 unspecified atom stereocenters. The Balaban J connectivity index is 1.66. The van der Waals surface area contributed by atoms with Gasteiger partial charge in [-0.3, -0.25) is 9.48 Å². The number of nitro groups is 1. The number of aromatic nitrogens is 4. The van der Waals surface area contributed by atoms with Gasteiger partial charge in [0, 0.05) is 11.8 Å². The number of amides is 1. The minimum Gasteiger partial charge on any atom is -0.358 e. The highest BCUT2D eigenvalue weighted by molar-refractivity contribution is 9.10. The van der Waals surface area contributed by atoms with E-state index in [1.807, 2.05) is 0 Å². The maximum absolute atomic E-state index is 13.7. The normalized spacial score (nSPS) is 10.7. The third kappa shape index (κ3) is 4.11. The number of nitrogens with zero attached hydrogens (tertiary/aromatic N) is 5. The van der Waals surface area contributed by atoms with E-state index in [1.54, 1.807) is 24.4 Å². The Kier molecular flexibility index (Phi) is 5.07. The summed E-state index contributed by atoms with van der Waals surface area (Å²) >= 11 is 3.28. The van der Waals surface area contributed by atoms with Crippen LogP contribution in [0.15, 0.2) is 47.2 Å². The average molecular weight is 423 g/mol. The van der Waals surface area contributed by atoms with Crippen molar-refractivity contribution in [3.8, 4) is 0 Å². The first-order valence-corrected chi connectivity index (χ1v) is 8.16. The van der Waals surface area contributed by atoms with Gasteiger partial charge in [-0.15, -0.1) is 0 Å². The van der Waals surface area contributed by atoms with Crippen molar-refractivity contribution in [1.82, 2.24) is 19.6 Å². The van der Waals surface area contributed by atoms with Crippen LogP contribution in [0.3, 0.4) is 0 Å². The maximum atomic E-state index is 13.7. The molecule has 0 bridgehead atoms. The summed E-state index contributed by atoms with van der Waals surface area (Å²) < 4.78 is 16.9. The second-order valence-electron chi connectivity index (χ2n) is 5.29. The van der Waals surface area contributed by atoms with E-state index in [1.165, 1.54) is 23.0 Å². The molecule has 1 aromatic carbocycles. The summed E-state index contributed by atoms with van der Waals surface area (Å²) in [7, 11) is 0. The molecule has 0 radical (unpaired) electrons. The Morgan fingerprint density at radius 3 is 2.73 bits per heavy atom. The summed E-state index contributed by atoms with van der Waals surface area (Å²) in [5.41, 5.74) is 0.462. The molecule has 0 fully saturated rings. The molecule has 134 valence electrons. The van der Waals surface area contributed by atoms with Crippen LogP contribution in [-0.4, -0.2) is 30.4 Å². The molecule has 3 rings (SSSR count). The lowest BCUT2D eigenvalue weighted by atomic mass is 10.2. The molecule has 1 N–H and O–H groups in total. The van der Waals surface area contributed by atoms with Gasteiger partial charge >= 0.3 is 5.82 Å². The number of hydrogen-bond acceptors (Lipinski definition) is 5. The highest BCUT2D eigenvalue weighted by Gasteiger charge is 2.16. The first-order valence-electron chi connectivity index (χ1n) is 7.36. The van der Waals surface area contributed by atoms with E-state index in [9.17, 15) is 19.3 Å². The lowest BCUT2D eigenvalue weighted by Gasteiger charge is -2.03. The lowest BCUT2D eigenvalue weighted by molar-refractivity contribution is -0.389. The van der Waals surface area contributed by atoms with Crippen LogP contribution in [0.5, 0.6) is 0 Å². The van der Waals surface area contributed by atoms with Crippen LogP contribution in [0.4, 0.5) is 16.0 Å². The smallest absolute Gasteiger partial charge is 0.358 e. The summed E-state index contributed by atoms with van der Waals surface area (Å²) in [6.45, 7) is -0.00700. The molecule has 9 nitrogen and oxygen atoms in total. The monoisotopic (exact) mass is 422 g/mol. The number of nitrogens with one attached hydrogen (secondary N) is 1. The molecular formula is C15H12BrFN6O3. The standard InChI is InChI=1S/C15H12BrFN6O3/c16-11-8-22(7-10-3-1-2-4-12(10)17)20-15(11)18-14(24)9-21-6-5-13(19-21)23(25)26/h1-6,8H,7,9H2,(H,18,20,24). The molecule has 0 aliphatic carbocycles. The van der Waals surface area contributed by atoms with Crippen LogP contribution in [0.25, 0.3) is 0 Å². The first kappa shape index (κ1) is 17.7. The van der Waals surface area contributed by atoms with Gasteiger partial charge in [0.05, 0.1) is 28.4 Å². The third-order valence-corrected chi connectivity index (χ3v) is 3.96. The largest absolute Gasteiger partial charge is 0.389 e. The zero-order valence-corrected chi connectivity index (χ0v) is 14.8. The van der Waals surface area contributed by atoms with Crippen LogP contribution in [0.2, 0.25) is 0 Å². The van der Waals surface area contributed by atoms with Crippen molar-refractivity contribution in [3.05, 3.63) is 68.7 Å². The SMILES string of the molecule is O=C(Cn1ccc([N+](=O)[O-])n1)Nc1nn(Cc2ccccc2F)cc1Br. The van der Waals surface area contributed by atoms with Crippen molar-refractivity contribution in [2.75, 3.05) is 5.32 Å². The number of carbonyl (C=O) groups excluding carboxylic acids is 1.